The monoisotopic (exact) mass is 595 g/mol. The number of hydrazine groups is 1. The fourth-order valence-electron chi connectivity index (χ4n) is 8.04. The molecule has 2 saturated heterocycles. The number of aromatic hydroxyl groups is 1. The number of nitrogens with one attached hydrogen (secondary N) is 3. The number of aromatic nitrogens is 2. The van der Waals surface area contributed by atoms with Crippen LogP contribution >= 0.6 is 0 Å². The summed E-state index contributed by atoms with van der Waals surface area (Å²) in [7, 11) is 0. The number of carbonyl (C=O) groups excluding carboxylic acids is 1. The van der Waals surface area contributed by atoms with Crippen molar-refractivity contribution in [3.8, 4) is 5.75 Å². The Bertz CT molecular complexity index is 1320. The molecule has 3 fully saturated rings. The number of aromatic amines is 1. The average Bonchev–Trinajstić information content (AvgIpc) is 3.60. The Morgan fingerprint density at radius 3 is 2.58 bits per heavy atom. The molecule has 1 amide bonds. The van der Waals surface area contributed by atoms with Crippen LogP contribution < -0.4 is 10.9 Å². The van der Waals surface area contributed by atoms with Gasteiger partial charge in [-0.15, -0.1) is 0 Å². The van der Waals surface area contributed by atoms with Crippen LogP contribution in [0.3, 0.4) is 0 Å². The molecular weight excluding hydrogens is 545 g/mol. The maximum absolute atomic E-state index is 14.3. The topological polar surface area (TPSA) is 99.8 Å². The second-order valence-electron chi connectivity index (χ2n) is 14.1. The lowest BCUT2D eigenvalue weighted by atomic mass is 9.73. The fraction of sp³-hybridized carbons (Fsp3) is 0.697. The quantitative estimate of drug-likeness (QED) is 0.401. The van der Waals surface area contributed by atoms with Crippen molar-refractivity contribution in [1.29, 1.82) is 0 Å². The SMILES string of the molecule is CCCN1Cc2[nH]c(C3NNC4CC(c5cc(F)c(O)cc5CC)CCC43)nc2C[C@H]1C(=O)N1CCN(C(C)(C)C)CC1. The van der Waals surface area contributed by atoms with Crippen molar-refractivity contribution in [2.24, 2.45) is 5.92 Å². The van der Waals surface area contributed by atoms with Gasteiger partial charge >= 0.3 is 0 Å². The van der Waals surface area contributed by atoms with Gasteiger partial charge in [0.05, 0.1) is 23.5 Å². The molecule has 4 heterocycles. The van der Waals surface area contributed by atoms with Gasteiger partial charge in [-0.25, -0.2) is 14.8 Å². The smallest absolute Gasteiger partial charge is 0.240 e. The molecule has 2 aromatic rings. The number of aryl methyl sites for hydroxylation is 1. The summed E-state index contributed by atoms with van der Waals surface area (Å²) in [6.07, 6.45) is 5.30. The lowest BCUT2D eigenvalue weighted by Crippen LogP contribution is -2.59. The van der Waals surface area contributed by atoms with E-state index >= 15 is 0 Å². The van der Waals surface area contributed by atoms with Gasteiger partial charge in [0.25, 0.3) is 0 Å². The first-order chi connectivity index (χ1) is 20.6. The molecule has 1 saturated carbocycles. The van der Waals surface area contributed by atoms with Gasteiger partial charge in [-0.05, 0) is 94.5 Å². The number of phenolic OH excluding ortho intramolecular Hbond substituents is 1. The predicted molar refractivity (Wildman–Crippen MR) is 165 cm³/mol. The Hall–Kier alpha value is -2.53. The van der Waals surface area contributed by atoms with Gasteiger partial charge in [0, 0.05) is 50.7 Å². The van der Waals surface area contributed by atoms with Crippen molar-refractivity contribution in [1.82, 2.24) is 35.5 Å². The number of H-pyrrole nitrogens is 1. The minimum Gasteiger partial charge on any atom is -0.505 e. The summed E-state index contributed by atoms with van der Waals surface area (Å²) in [6.45, 7) is 16.0. The second kappa shape index (κ2) is 12.1. The van der Waals surface area contributed by atoms with Crippen LogP contribution in [0.15, 0.2) is 12.1 Å². The van der Waals surface area contributed by atoms with E-state index in [1.165, 1.54) is 0 Å². The third-order valence-corrected chi connectivity index (χ3v) is 10.5. The van der Waals surface area contributed by atoms with Crippen LogP contribution in [0, 0.1) is 11.7 Å². The maximum atomic E-state index is 14.3. The van der Waals surface area contributed by atoms with E-state index in [0.717, 1.165) is 99.7 Å². The first kappa shape index (κ1) is 30.5. The zero-order chi connectivity index (χ0) is 30.5. The van der Waals surface area contributed by atoms with E-state index in [1.807, 2.05) is 0 Å². The molecule has 1 aliphatic carbocycles. The van der Waals surface area contributed by atoms with Gasteiger partial charge in [0.15, 0.2) is 11.6 Å². The number of amides is 1. The van der Waals surface area contributed by atoms with Crippen molar-refractivity contribution >= 4 is 5.91 Å². The minimum atomic E-state index is -0.535. The molecule has 1 aromatic heterocycles. The van der Waals surface area contributed by atoms with E-state index in [4.69, 9.17) is 4.98 Å². The zero-order valence-electron chi connectivity index (χ0n) is 26.5. The van der Waals surface area contributed by atoms with Gasteiger partial charge in [-0.3, -0.25) is 20.0 Å². The largest absolute Gasteiger partial charge is 0.505 e. The van der Waals surface area contributed by atoms with Gasteiger partial charge in [0.2, 0.25) is 5.91 Å². The third-order valence-electron chi connectivity index (χ3n) is 10.5. The first-order valence-electron chi connectivity index (χ1n) is 16.4. The first-order valence-corrected chi connectivity index (χ1v) is 16.4. The highest BCUT2D eigenvalue weighted by molar-refractivity contribution is 5.82. The number of phenols is 1. The standard InChI is InChI=1S/C33H50FN7O2/c1-6-10-40-19-27-26(18-28(40)32(43)39-11-13-41(14-12-39)33(3,4)5)35-31(36-27)30-22-9-8-21(15-25(22)37-38-30)23-17-24(34)29(42)16-20(23)7-2/h16-17,21-22,25,28,30,37-38,42H,6-15,18-19H2,1-5H3,(H,35,36)/t21?,22?,25?,28-,30?/m0/s1. The van der Waals surface area contributed by atoms with E-state index in [1.54, 1.807) is 12.1 Å². The highest BCUT2D eigenvalue weighted by Gasteiger charge is 2.44. The molecule has 1 aromatic carbocycles. The van der Waals surface area contributed by atoms with Crippen molar-refractivity contribution < 1.29 is 14.3 Å². The third kappa shape index (κ3) is 5.95. The van der Waals surface area contributed by atoms with Crippen molar-refractivity contribution in [3.05, 3.63) is 46.3 Å². The van der Waals surface area contributed by atoms with Crippen molar-refractivity contribution in [3.63, 3.8) is 0 Å². The number of hydrogen-bond acceptors (Lipinski definition) is 7. The van der Waals surface area contributed by atoms with E-state index < -0.39 is 5.82 Å². The molecule has 4 aliphatic rings. The molecule has 3 aliphatic heterocycles. The Balaban J connectivity index is 1.14. The number of halogens is 1. The van der Waals surface area contributed by atoms with Crippen LogP contribution in [0.4, 0.5) is 4.39 Å². The Morgan fingerprint density at radius 2 is 1.88 bits per heavy atom. The fourth-order valence-corrected chi connectivity index (χ4v) is 8.04. The molecule has 236 valence electrons. The van der Waals surface area contributed by atoms with Gasteiger partial charge in [-0.1, -0.05) is 13.8 Å². The predicted octanol–water partition coefficient (Wildman–Crippen LogP) is 4.00. The number of benzene rings is 1. The molecule has 6 rings (SSSR count). The second-order valence-corrected chi connectivity index (χ2v) is 14.1. The van der Waals surface area contributed by atoms with Crippen LogP contribution in [0.1, 0.15) is 101 Å². The average molecular weight is 596 g/mol. The molecule has 10 heteroatoms. The number of hydrogen-bond donors (Lipinski definition) is 4. The number of imidazole rings is 1. The number of carbonyl (C=O) groups is 1. The van der Waals surface area contributed by atoms with Crippen LogP contribution in [0.5, 0.6) is 5.75 Å². The summed E-state index contributed by atoms with van der Waals surface area (Å²) < 4.78 is 14.3. The van der Waals surface area contributed by atoms with E-state index in [2.05, 4.69) is 65.2 Å². The van der Waals surface area contributed by atoms with Crippen LogP contribution in [0.2, 0.25) is 0 Å². The zero-order valence-corrected chi connectivity index (χ0v) is 26.5. The van der Waals surface area contributed by atoms with Gasteiger partial charge in [-0.2, -0.15) is 0 Å². The summed E-state index contributed by atoms with van der Waals surface area (Å²) in [4.78, 5) is 29.5. The summed E-state index contributed by atoms with van der Waals surface area (Å²) >= 11 is 0. The molecule has 9 nitrogen and oxygen atoms in total. The van der Waals surface area contributed by atoms with Crippen molar-refractivity contribution in [2.75, 3.05) is 32.7 Å². The number of rotatable bonds is 6. The summed E-state index contributed by atoms with van der Waals surface area (Å²) in [5.74, 6) is 1.03. The highest BCUT2D eigenvalue weighted by atomic mass is 19.1. The van der Waals surface area contributed by atoms with Crippen LogP contribution in [0.25, 0.3) is 0 Å². The van der Waals surface area contributed by atoms with Crippen LogP contribution in [-0.4, -0.2) is 86.0 Å². The highest BCUT2D eigenvalue weighted by Crippen LogP contribution is 2.44. The van der Waals surface area contributed by atoms with Gasteiger partial charge in [0.1, 0.15) is 5.82 Å². The van der Waals surface area contributed by atoms with E-state index in [0.29, 0.717) is 12.3 Å². The van der Waals surface area contributed by atoms with Gasteiger partial charge < -0.3 is 15.0 Å². The normalized spacial score (nSPS) is 28.6. The number of fused-ring (bicyclic) bond motifs is 2. The Labute approximate surface area is 255 Å². The lowest BCUT2D eigenvalue weighted by Gasteiger charge is -2.44. The molecule has 5 atom stereocenters. The summed E-state index contributed by atoms with van der Waals surface area (Å²) in [5, 5.41) is 9.90. The lowest BCUT2D eigenvalue weighted by molar-refractivity contribution is -0.140. The Kier molecular flexibility index (Phi) is 8.58. The maximum Gasteiger partial charge on any atom is 0.240 e. The molecule has 4 unspecified atom stereocenters. The van der Waals surface area contributed by atoms with Crippen LogP contribution in [-0.2, 0) is 24.2 Å². The number of piperazine rings is 1. The van der Waals surface area contributed by atoms with Crippen molar-refractivity contribution in [2.45, 2.75) is 109 Å². The molecule has 43 heavy (non-hydrogen) atoms. The Morgan fingerprint density at radius 1 is 1.12 bits per heavy atom. The number of nitrogens with zero attached hydrogens (tertiary/aromatic N) is 4. The minimum absolute atomic E-state index is 0.0676. The van der Waals surface area contributed by atoms with E-state index in [9.17, 15) is 14.3 Å². The molecule has 0 spiro atoms. The van der Waals surface area contributed by atoms with E-state index in [-0.39, 0.29) is 41.2 Å². The molecule has 0 radical (unpaired) electrons. The molecular formula is C33H50FN7O2. The summed E-state index contributed by atoms with van der Waals surface area (Å²) in [6, 6.07) is 3.30. The summed E-state index contributed by atoms with van der Waals surface area (Å²) in [5.41, 5.74) is 11.4. The molecule has 0 bridgehead atoms. The molecule has 4 N–H and O–H groups in total.